The Kier molecular flexibility index (Phi) is 5.05. The van der Waals surface area contributed by atoms with Crippen LogP contribution in [0.5, 0.6) is 0 Å². The second-order valence-electron chi connectivity index (χ2n) is 8.77. The van der Waals surface area contributed by atoms with Crippen molar-refractivity contribution in [1.82, 2.24) is 14.7 Å². The first kappa shape index (κ1) is 20.5. The van der Waals surface area contributed by atoms with E-state index in [0.717, 1.165) is 42.1 Å². The van der Waals surface area contributed by atoms with Gasteiger partial charge in [-0.1, -0.05) is 12.1 Å². The Morgan fingerprint density at radius 3 is 2.74 bits per heavy atom. The van der Waals surface area contributed by atoms with Gasteiger partial charge in [0, 0.05) is 30.1 Å². The van der Waals surface area contributed by atoms with E-state index in [4.69, 9.17) is 9.84 Å². The number of benzene rings is 1. The molecule has 9 heteroatoms. The van der Waals surface area contributed by atoms with Crippen molar-refractivity contribution < 1.29 is 17.9 Å². The normalized spacial score (nSPS) is 27.4. The van der Waals surface area contributed by atoms with Gasteiger partial charge in [0.1, 0.15) is 6.17 Å². The lowest BCUT2D eigenvalue weighted by atomic mass is 10.0. The molecule has 3 atom stereocenters. The molecule has 2 aromatic rings. The number of amides is 1. The lowest BCUT2D eigenvalue weighted by Crippen LogP contribution is -2.46. The van der Waals surface area contributed by atoms with Gasteiger partial charge in [-0.25, -0.2) is 8.42 Å². The van der Waals surface area contributed by atoms with Crippen molar-refractivity contribution >= 4 is 21.4 Å². The summed E-state index contributed by atoms with van der Waals surface area (Å²) in [6.45, 7) is 5.14. The standard InChI is InChI=1S/C22H28N4O4S/c1-14-20(15(2)26(24-14)16-9-11-31(28,29)13-16)21-23-19-8-4-3-7-18(19)22(27)25(21)12-17-6-5-10-30-17/h3-4,7-8,16-17,21,23H,5-6,9-13H2,1-2H3/t16-,17+,21+/m1/s1. The van der Waals surface area contributed by atoms with E-state index in [1.807, 2.05) is 47.7 Å². The molecule has 4 heterocycles. The summed E-state index contributed by atoms with van der Waals surface area (Å²) < 4.78 is 31.7. The lowest BCUT2D eigenvalue weighted by molar-refractivity contribution is 0.0425. The third kappa shape index (κ3) is 3.63. The molecule has 31 heavy (non-hydrogen) atoms. The van der Waals surface area contributed by atoms with Gasteiger partial charge in [-0.2, -0.15) is 5.10 Å². The largest absolute Gasteiger partial charge is 0.376 e. The monoisotopic (exact) mass is 444 g/mol. The minimum Gasteiger partial charge on any atom is -0.376 e. The molecule has 0 unspecified atom stereocenters. The second-order valence-corrected chi connectivity index (χ2v) is 11.0. The van der Waals surface area contributed by atoms with Crippen molar-refractivity contribution in [3.8, 4) is 0 Å². The molecule has 0 aliphatic carbocycles. The molecule has 0 bridgehead atoms. The Hall–Kier alpha value is -2.39. The topological polar surface area (TPSA) is 93.5 Å². The summed E-state index contributed by atoms with van der Waals surface area (Å²) >= 11 is 0. The number of rotatable bonds is 4. The molecular formula is C22H28N4O4S. The molecule has 5 rings (SSSR count). The average molecular weight is 445 g/mol. The predicted octanol–water partition coefficient (Wildman–Crippen LogP) is 2.61. The number of carbonyl (C=O) groups excluding carboxylic acids is 1. The molecule has 0 radical (unpaired) electrons. The van der Waals surface area contributed by atoms with E-state index in [0.29, 0.717) is 18.5 Å². The van der Waals surface area contributed by atoms with Crippen LogP contribution in [0.3, 0.4) is 0 Å². The summed E-state index contributed by atoms with van der Waals surface area (Å²) in [5, 5.41) is 8.27. The fraction of sp³-hybridized carbons (Fsp3) is 0.545. The van der Waals surface area contributed by atoms with Crippen LogP contribution < -0.4 is 5.32 Å². The van der Waals surface area contributed by atoms with Crippen LogP contribution in [0.1, 0.15) is 58.8 Å². The fourth-order valence-corrected chi connectivity index (χ4v) is 6.80. The Morgan fingerprint density at radius 1 is 1.23 bits per heavy atom. The summed E-state index contributed by atoms with van der Waals surface area (Å²) in [4.78, 5) is 15.3. The number of carbonyl (C=O) groups is 1. The number of nitrogens with zero attached hydrogens (tertiary/aromatic N) is 3. The molecule has 1 amide bonds. The fourth-order valence-electron chi connectivity index (χ4n) is 5.11. The van der Waals surface area contributed by atoms with Crippen molar-refractivity contribution in [2.24, 2.45) is 0 Å². The highest BCUT2D eigenvalue weighted by Gasteiger charge is 2.39. The minimum atomic E-state index is -3.02. The number of nitrogens with one attached hydrogen (secondary N) is 1. The number of fused-ring (bicyclic) bond motifs is 1. The van der Waals surface area contributed by atoms with Crippen LogP contribution in [0, 0.1) is 13.8 Å². The summed E-state index contributed by atoms with van der Waals surface area (Å²) in [7, 11) is -3.02. The molecule has 1 aromatic carbocycles. The molecule has 2 saturated heterocycles. The Morgan fingerprint density at radius 2 is 2.03 bits per heavy atom. The van der Waals surface area contributed by atoms with E-state index in [9.17, 15) is 13.2 Å². The van der Waals surface area contributed by atoms with Gasteiger partial charge < -0.3 is 15.0 Å². The molecule has 0 saturated carbocycles. The van der Waals surface area contributed by atoms with Crippen LogP contribution in [0.15, 0.2) is 24.3 Å². The van der Waals surface area contributed by atoms with Gasteiger partial charge in [0.05, 0.1) is 34.9 Å². The number of aryl methyl sites for hydroxylation is 1. The number of hydrogen-bond donors (Lipinski definition) is 1. The van der Waals surface area contributed by atoms with Gasteiger partial charge in [0.15, 0.2) is 9.84 Å². The number of hydrogen-bond acceptors (Lipinski definition) is 6. The van der Waals surface area contributed by atoms with Gasteiger partial charge in [-0.05, 0) is 45.2 Å². The third-order valence-electron chi connectivity index (χ3n) is 6.66. The van der Waals surface area contributed by atoms with Crippen molar-refractivity contribution in [3.63, 3.8) is 0 Å². The van der Waals surface area contributed by atoms with Crippen molar-refractivity contribution in [2.45, 2.75) is 51.4 Å². The van der Waals surface area contributed by atoms with E-state index in [-0.39, 0.29) is 35.7 Å². The van der Waals surface area contributed by atoms with Gasteiger partial charge >= 0.3 is 0 Å². The van der Waals surface area contributed by atoms with E-state index in [1.54, 1.807) is 0 Å². The first-order chi connectivity index (χ1) is 14.8. The molecule has 1 N–H and O–H groups in total. The zero-order valence-electron chi connectivity index (χ0n) is 17.9. The van der Waals surface area contributed by atoms with E-state index in [2.05, 4.69) is 5.32 Å². The smallest absolute Gasteiger partial charge is 0.257 e. The predicted molar refractivity (Wildman–Crippen MR) is 117 cm³/mol. The number of ether oxygens (including phenoxy) is 1. The molecule has 1 aromatic heterocycles. The van der Waals surface area contributed by atoms with Crippen molar-refractivity contribution in [3.05, 3.63) is 46.8 Å². The van der Waals surface area contributed by atoms with Crippen LogP contribution in [0.4, 0.5) is 5.69 Å². The van der Waals surface area contributed by atoms with Gasteiger partial charge in [0.25, 0.3) is 5.91 Å². The summed E-state index contributed by atoms with van der Waals surface area (Å²) in [6, 6.07) is 7.39. The Labute approximate surface area is 182 Å². The first-order valence-electron chi connectivity index (χ1n) is 10.9. The van der Waals surface area contributed by atoms with Gasteiger partial charge in [-0.3, -0.25) is 9.48 Å². The Bertz CT molecular complexity index is 1120. The van der Waals surface area contributed by atoms with Crippen LogP contribution in [-0.2, 0) is 14.6 Å². The number of anilines is 1. The van der Waals surface area contributed by atoms with Crippen LogP contribution in [-0.4, -0.2) is 59.8 Å². The third-order valence-corrected chi connectivity index (χ3v) is 8.41. The summed E-state index contributed by atoms with van der Waals surface area (Å²) in [6.07, 6.45) is 2.17. The molecule has 8 nitrogen and oxygen atoms in total. The first-order valence-corrected chi connectivity index (χ1v) is 12.7. The molecule has 3 aliphatic heterocycles. The van der Waals surface area contributed by atoms with Gasteiger partial charge in [-0.15, -0.1) is 0 Å². The van der Waals surface area contributed by atoms with Crippen LogP contribution in [0.2, 0.25) is 0 Å². The van der Waals surface area contributed by atoms with Crippen LogP contribution >= 0.6 is 0 Å². The molecule has 166 valence electrons. The quantitative estimate of drug-likeness (QED) is 0.779. The zero-order chi connectivity index (χ0) is 21.8. The summed E-state index contributed by atoms with van der Waals surface area (Å²) in [5.74, 6) is 0.294. The minimum absolute atomic E-state index is 0.0224. The number of sulfone groups is 1. The van der Waals surface area contributed by atoms with Crippen molar-refractivity contribution in [2.75, 3.05) is 30.0 Å². The molecular weight excluding hydrogens is 416 g/mol. The highest BCUT2D eigenvalue weighted by atomic mass is 32.2. The SMILES string of the molecule is Cc1nn([C@@H]2CCS(=O)(=O)C2)c(C)c1[C@H]1Nc2ccccc2C(=O)N1C[C@@H]1CCCO1. The average Bonchev–Trinajstić information content (AvgIpc) is 3.44. The lowest BCUT2D eigenvalue weighted by Gasteiger charge is -2.39. The van der Waals surface area contributed by atoms with Crippen LogP contribution in [0.25, 0.3) is 0 Å². The maximum atomic E-state index is 13.5. The molecule has 2 fully saturated rings. The highest BCUT2D eigenvalue weighted by molar-refractivity contribution is 7.91. The Balaban J connectivity index is 1.54. The van der Waals surface area contributed by atoms with E-state index < -0.39 is 9.84 Å². The zero-order valence-corrected chi connectivity index (χ0v) is 18.7. The van der Waals surface area contributed by atoms with Gasteiger partial charge in [0.2, 0.25) is 0 Å². The number of aromatic nitrogens is 2. The molecule has 0 spiro atoms. The van der Waals surface area contributed by atoms with E-state index >= 15 is 0 Å². The maximum Gasteiger partial charge on any atom is 0.257 e. The van der Waals surface area contributed by atoms with E-state index in [1.165, 1.54) is 0 Å². The second kappa shape index (κ2) is 7.63. The summed E-state index contributed by atoms with van der Waals surface area (Å²) in [5.41, 5.74) is 4.10. The maximum absolute atomic E-state index is 13.5. The highest BCUT2D eigenvalue weighted by Crippen LogP contribution is 2.37. The molecule has 3 aliphatic rings. The van der Waals surface area contributed by atoms with Crippen molar-refractivity contribution in [1.29, 1.82) is 0 Å². The number of para-hydroxylation sites is 1.